The van der Waals surface area contributed by atoms with Crippen molar-refractivity contribution in [2.75, 3.05) is 32.8 Å². The molecule has 1 amide bonds. The van der Waals surface area contributed by atoms with Crippen molar-refractivity contribution in [1.29, 1.82) is 0 Å². The average Bonchev–Trinajstić information content (AvgIpc) is 3.40. The van der Waals surface area contributed by atoms with Crippen LogP contribution in [0.3, 0.4) is 0 Å². The molecular formula is C21H33IN6O3. The molecule has 1 saturated heterocycles. The number of carbonyl (C=O) groups excluding carboxylic acids is 1. The summed E-state index contributed by atoms with van der Waals surface area (Å²) in [4.78, 5) is 18.4. The number of hydrogen-bond donors (Lipinski definition) is 2. The van der Waals surface area contributed by atoms with Crippen LogP contribution in [-0.4, -0.2) is 65.6 Å². The molecule has 0 aliphatic carbocycles. The summed E-state index contributed by atoms with van der Waals surface area (Å²) >= 11 is 0. The van der Waals surface area contributed by atoms with Crippen molar-refractivity contribution in [2.45, 2.75) is 38.6 Å². The third kappa shape index (κ3) is 8.08. The van der Waals surface area contributed by atoms with Gasteiger partial charge in [0.2, 0.25) is 0 Å². The van der Waals surface area contributed by atoms with Crippen LogP contribution >= 0.6 is 24.0 Å². The third-order valence-electron chi connectivity index (χ3n) is 5.17. The lowest BCUT2D eigenvalue weighted by Crippen LogP contribution is -2.50. The minimum atomic E-state index is -0.224. The number of nitrogens with one attached hydrogen (secondary N) is 2. The summed E-state index contributed by atoms with van der Waals surface area (Å²) in [7, 11) is 1.95. The van der Waals surface area contributed by atoms with E-state index in [4.69, 9.17) is 14.1 Å². The highest BCUT2D eigenvalue weighted by Crippen LogP contribution is 2.11. The Bertz CT molecular complexity index is 800. The van der Waals surface area contributed by atoms with E-state index in [1.807, 2.05) is 43.0 Å². The summed E-state index contributed by atoms with van der Waals surface area (Å²) in [5, 5.41) is 11.2. The van der Waals surface area contributed by atoms with Crippen LogP contribution in [0.25, 0.3) is 0 Å². The molecule has 2 aromatic rings. The van der Waals surface area contributed by atoms with Crippen LogP contribution in [0.5, 0.6) is 0 Å². The van der Waals surface area contributed by atoms with E-state index in [9.17, 15) is 4.79 Å². The molecule has 2 aromatic heterocycles. The normalized spacial score (nSPS) is 14.8. The van der Waals surface area contributed by atoms with Crippen molar-refractivity contribution < 1.29 is 13.9 Å². The Kier molecular flexibility index (Phi) is 10.7. The van der Waals surface area contributed by atoms with E-state index in [0.717, 1.165) is 43.9 Å². The van der Waals surface area contributed by atoms with Gasteiger partial charge in [0.1, 0.15) is 5.76 Å². The number of rotatable bonds is 8. The van der Waals surface area contributed by atoms with Gasteiger partial charge < -0.3 is 24.7 Å². The average molecular weight is 544 g/mol. The molecule has 0 spiro atoms. The maximum Gasteiger partial charge on any atom is 0.409 e. The van der Waals surface area contributed by atoms with Crippen LogP contribution in [-0.2, 0) is 24.6 Å². The Morgan fingerprint density at radius 1 is 1.32 bits per heavy atom. The third-order valence-corrected chi connectivity index (χ3v) is 5.17. The van der Waals surface area contributed by atoms with Crippen molar-refractivity contribution in [3.05, 3.63) is 42.1 Å². The molecule has 1 aliphatic rings. The first-order valence-corrected chi connectivity index (χ1v) is 10.6. The Morgan fingerprint density at radius 3 is 2.77 bits per heavy atom. The highest BCUT2D eigenvalue weighted by molar-refractivity contribution is 14.0. The fraction of sp³-hybridized carbons (Fsp3) is 0.571. The molecule has 0 radical (unpaired) electrons. The molecule has 0 aromatic carbocycles. The zero-order valence-electron chi connectivity index (χ0n) is 18.2. The van der Waals surface area contributed by atoms with Crippen LogP contribution in [0.1, 0.15) is 31.2 Å². The molecular weight excluding hydrogens is 511 g/mol. The lowest BCUT2D eigenvalue weighted by molar-refractivity contribution is 0.0963. The molecule has 0 saturated carbocycles. The smallest absolute Gasteiger partial charge is 0.409 e. The number of piperidine rings is 1. The van der Waals surface area contributed by atoms with Gasteiger partial charge in [0.25, 0.3) is 0 Å². The van der Waals surface area contributed by atoms with Crippen molar-refractivity contribution in [3.63, 3.8) is 0 Å². The fourth-order valence-electron chi connectivity index (χ4n) is 3.46. The molecule has 0 unspecified atom stereocenters. The summed E-state index contributed by atoms with van der Waals surface area (Å²) in [5.41, 5.74) is 1.17. The largest absolute Gasteiger partial charge is 0.469 e. The SMILES string of the molecule is CCOC(=O)N1CCC(NC(=NCCc2ccco2)NCCc2ccnn2C)CC1.I. The molecule has 172 valence electrons. The summed E-state index contributed by atoms with van der Waals surface area (Å²) in [6.07, 6.45) is 6.60. The number of amides is 1. The van der Waals surface area contributed by atoms with Gasteiger partial charge in [-0.05, 0) is 38.0 Å². The number of nitrogens with zero attached hydrogens (tertiary/aromatic N) is 4. The van der Waals surface area contributed by atoms with Gasteiger partial charge in [-0.2, -0.15) is 5.10 Å². The van der Waals surface area contributed by atoms with Crippen molar-refractivity contribution >= 4 is 36.0 Å². The van der Waals surface area contributed by atoms with E-state index in [2.05, 4.69) is 15.7 Å². The van der Waals surface area contributed by atoms with Gasteiger partial charge in [0.05, 0.1) is 12.9 Å². The predicted molar refractivity (Wildman–Crippen MR) is 130 cm³/mol. The summed E-state index contributed by atoms with van der Waals surface area (Å²) in [6.45, 7) is 5.00. The molecule has 9 nitrogen and oxygen atoms in total. The highest BCUT2D eigenvalue weighted by Gasteiger charge is 2.24. The van der Waals surface area contributed by atoms with Crippen LogP contribution < -0.4 is 10.6 Å². The van der Waals surface area contributed by atoms with Crippen LogP contribution in [0.15, 0.2) is 40.1 Å². The second kappa shape index (κ2) is 13.2. The molecule has 3 rings (SSSR count). The van der Waals surface area contributed by atoms with Crippen molar-refractivity contribution in [2.24, 2.45) is 12.0 Å². The number of ether oxygens (including phenoxy) is 1. The van der Waals surface area contributed by atoms with Gasteiger partial charge in [-0.1, -0.05) is 0 Å². The topological polar surface area (TPSA) is 96.9 Å². The first-order chi connectivity index (χ1) is 14.7. The lowest BCUT2D eigenvalue weighted by Gasteiger charge is -2.32. The Hall–Kier alpha value is -2.24. The molecule has 31 heavy (non-hydrogen) atoms. The van der Waals surface area contributed by atoms with Gasteiger partial charge in [0, 0.05) is 64.0 Å². The first-order valence-electron chi connectivity index (χ1n) is 10.6. The number of halogens is 1. The molecule has 1 aliphatic heterocycles. The van der Waals surface area contributed by atoms with E-state index in [1.165, 1.54) is 5.69 Å². The minimum absolute atomic E-state index is 0. The molecule has 2 N–H and O–H groups in total. The zero-order valence-corrected chi connectivity index (χ0v) is 20.6. The minimum Gasteiger partial charge on any atom is -0.469 e. The van der Waals surface area contributed by atoms with Crippen LogP contribution in [0.4, 0.5) is 4.79 Å². The second-order valence-corrected chi connectivity index (χ2v) is 7.29. The first kappa shape index (κ1) is 25.0. The number of aromatic nitrogens is 2. The Labute approximate surface area is 200 Å². The number of aliphatic imine (C=N–C) groups is 1. The number of guanidine groups is 1. The number of furan rings is 1. The molecule has 10 heteroatoms. The van der Waals surface area contributed by atoms with Crippen LogP contribution in [0.2, 0.25) is 0 Å². The predicted octanol–water partition coefficient (Wildman–Crippen LogP) is 2.57. The summed E-state index contributed by atoms with van der Waals surface area (Å²) in [6, 6.07) is 6.14. The van der Waals surface area contributed by atoms with E-state index >= 15 is 0 Å². The number of carbonyl (C=O) groups is 1. The van der Waals surface area contributed by atoms with Gasteiger partial charge in [-0.25, -0.2) is 4.79 Å². The fourth-order valence-corrected chi connectivity index (χ4v) is 3.46. The quantitative estimate of drug-likeness (QED) is 0.302. The number of hydrogen-bond acceptors (Lipinski definition) is 5. The zero-order chi connectivity index (χ0) is 21.2. The maximum atomic E-state index is 11.9. The molecule has 3 heterocycles. The lowest BCUT2D eigenvalue weighted by atomic mass is 10.1. The number of likely N-dealkylation sites (tertiary alicyclic amines) is 1. The Morgan fingerprint density at radius 2 is 2.13 bits per heavy atom. The molecule has 0 bridgehead atoms. The van der Waals surface area contributed by atoms with Crippen LogP contribution in [0, 0.1) is 0 Å². The van der Waals surface area contributed by atoms with E-state index in [1.54, 1.807) is 11.2 Å². The highest BCUT2D eigenvalue weighted by atomic mass is 127. The second-order valence-electron chi connectivity index (χ2n) is 7.29. The molecule has 1 fully saturated rings. The van der Waals surface area contributed by atoms with Crippen molar-refractivity contribution in [3.8, 4) is 0 Å². The standard InChI is InChI=1S/C21H32N6O3.HI/c1-3-29-21(28)27-14-9-17(10-15-27)25-20(23-12-8-19-5-4-16-30-19)22-11-6-18-7-13-24-26(18)2;/h4-5,7,13,16-17H,3,6,8-12,14-15H2,1-2H3,(H2,22,23,25);1H. The van der Waals surface area contributed by atoms with E-state index in [0.29, 0.717) is 26.2 Å². The summed E-state index contributed by atoms with van der Waals surface area (Å²) < 4.78 is 12.4. The van der Waals surface area contributed by atoms with E-state index in [-0.39, 0.29) is 36.1 Å². The van der Waals surface area contributed by atoms with Crippen molar-refractivity contribution in [1.82, 2.24) is 25.3 Å². The van der Waals surface area contributed by atoms with E-state index < -0.39 is 0 Å². The van der Waals surface area contributed by atoms with Gasteiger partial charge in [-0.15, -0.1) is 24.0 Å². The molecule has 0 atom stereocenters. The Balaban J connectivity index is 0.00000341. The monoisotopic (exact) mass is 544 g/mol. The van der Waals surface area contributed by atoms with Gasteiger partial charge in [-0.3, -0.25) is 9.67 Å². The maximum absolute atomic E-state index is 11.9. The van der Waals surface area contributed by atoms with Gasteiger partial charge in [0.15, 0.2) is 5.96 Å². The van der Waals surface area contributed by atoms with Gasteiger partial charge >= 0.3 is 6.09 Å². The summed E-state index contributed by atoms with van der Waals surface area (Å²) in [5.74, 6) is 1.72. The number of aryl methyl sites for hydroxylation is 1.